The van der Waals surface area contributed by atoms with Crippen LogP contribution >= 0.6 is 11.8 Å². The van der Waals surface area contributed by atoms with Gasteiger partial charge in [-0.3, -0.25) is 0 Å². The minimum absolute atomic E-state index is 0.719. The lowest BCUT2D eigenvalue weighted by molar-refractivity contribution is 0.400. The summed E-state index contributed by atoms with van der Waals surface area (Å²) in [6, 6.07) is 0. The highest BCUT2D eigenvalue weighted by molar-refractivity contribution is 7.98. The molecule has 1 rings (SSSR count). The van der Waals surface area contributed by atoms with Gasteiger partial charge in [-0.05, 0) is 13.2 Å². The molecule has 0 saturated heterocycles. The third-order valence-electron chi connectivity index (χ3n) is 1.51. The highest BCUT2D eigenvalue weighted by Gasteiger charge is 2.09. The fourth-order valence-corrected chi connectivity index (χ4v) is 1.50. The van der Waals surface area contributed by atoms with Gasteiger partial charge in [0, 0.05) is 6.54 Å². The summed E-state index contributed by atoms with van der Waals surface area (Å²) in [5.41, 5.74) is 0. The second kappa shape index (κ2) is 4.91. The minimum atomic E-state index is 0.719. The number of aromatic nitrogens is 2. The number of hydrogen-bond donors (Lipinski definition) is 1. The van der Waals surface area contributed by atoms with Crippen LogP contribution in [0.5, 0.6) is 5.75 Å². The lowest BCUT2D eigenvalue weighted by Crippen LogP contribution is -2.03. The fraction of sp³-hybridized carbons (Fsp3) is 0.500. The average Bonchev–Trinajstić information content (AvgIpc) is 2.18. The number of nitrogens with zero attached hydrogens (tertiary/aromatic N) is 2. The standard InChI is InChI=1S/C8H13N3OS/c1-4-9-7-6(12-2)8(13-3)11-5-10-7/h5H,4H2,1-3H3,(H,9,10,11). The molecule has 1 N–H and O–H groups in total. The number of thioether (sulfide) groups is 1. The van der Waals surface area contributed by atoms with E-state index in [1.165, 1.54) is 6.33 Å². The van der Waals surface area contributed by atoms with Gasteiger partial charge in [-0.2, -0.15) is 0 Å². The van der Waals surface area contributed by atoms with Crippen molar-refractivity contribution in [1.29, 1.82) is 0 Å². The molecule has 1 aromatic heterocycles. The average molecular weight is 199 g/mol. The molecule has 4 nitrogen and oxygen atoms in total. The lowest BCUT2D eigenvalue weighted by atomic mass is 10.5. The molecule has 0 aromatic carbocycles. The molecule has 0 atom stereocenters. The number of anilines is 1. The summed E-state index contributed by atoms with van der Waals surface area (Å²) in [6.45, 7) is 2.83. The van der Waals surface area contributed by atoms with Crippen LogP contribution in [-0.4, -0.2) is 29.9 Å². The van der Waals surface area contributed by atoms with Crippen molar-refractivity contribution >= 4 is 17.6 Å². The topological polar surface area (TPSA) is 47.0 Å². The van der Waals surface area contributed by atoms with Crippen LogP contribution in [-0.2, 0) is 0 Å². The Morgan fingerprint density at radius 2 is 2.31 bits per heavy atom. The third-order valence-corrected chi connectivity index (χ3v) is 2.19. The molecule has 0 bridgehead atoms. The third kappa shape index (κ3) is 2.24. The Kier molecular flexibility index (Phi) is 3.82. The first-order valence-corrected chi connectivity index (χ1v) is 5.22. The Bertz CT molecular complexity index is 280. The summed E-state index contributed by atoms with van der Waals surface area (Å²) in [4.78, 5) is 8.19. The Morgan fingerprint density at radius 1 is 1.54 bits per heavy atom. The first kappa shape index (κ1) is 10.1. The van der Waals surface area contributed by atoms with Gasteiger partial charge in [0.05, 0.1) is 7.11 Å². The van der Waals surface area contributed by atoms with Crippen molar-refractivity contribution in [2.24, 2.45) is 0 Å². The van der Waals surface area contributed by atoms with Gasteiger partial charge in [-0.15, -0.1) is 11.8 Å². The van der Waals surface area contributed by atoms with E-state index in [4.69, 9.17) is 4.74 Å². The molecule has 0 aliphatic rings. The molecule has 0 radical (unpaired) electrons. The summed E-state index contributed by atoms with van der Waals surface area (Å²) >= 11 is 1.54. The van der Waals surface area contributed by atoms with Crippen molar-refractivity contribution in [2.45, 2.75) is 11.9 Å². The maximum Gasteiger partial charge on any atom is 0.193 e. The van der Waals surface area contributed by atoms with Crippen LogP contribution in [0.1, 0.15) is 6.92 Å². The van der Waals surface area contributed by atoms with Gasteiger partial charge in [-0.25, -0.2) is 9.97 Å². The first-order valence-electron chi connectivity index (χ1n) is 4.00. The zero-order chi connectivity index (χ0) is 9.68. The summed E-state index contributed by atoms with van der Waals surface area (Å²) in [7, 11) is 1.62. The molecular weight excluding hydrogens is 186 g/mol. The van der Waals surface area contributed by atoms with Crippen molar-refractivity contribution < 1.29 is 4.74 Å². The van der Waals surface area contributed by atoms with Crippen molar-refractivity contribution in [3.63, 3.8) is 0 Å². The van der Waals surface area contributed by atoms with E-state index < -0.39 is 0 Å². The molecule has 1 heterocycles. The monoisotopic (exact) mass is 199 g/mol. The zero-order valence-corrected chi connectivity index (χ0v) is 8.81. The Labute approximate surface area is 82.1 Å². The zero-order valence-electron chi connectivity index (χ0n) is 8.00. The molecule has 0 fully saturated rings. The molecule has 0 spiro atoms. The maximum absolute atomic E-state index is 5.21. The Hall–Kier alpha value is -0.970. The summed E-state index contributed by atoms with van der Waals surface area (Å²) in [5, 5.41) is 3.97. The number of ether oxygens (including phenoxy) is 1. The van der Waals surface area contributed by atoms with E-state index in [9.17, 15) is 0 Å². The van der Waals surface area contributed by atoms with Gasteiger partial charge < -0.3 is 10.1 Å². The molecule has 0 saturated carbocycles. The normalized spacial score (nSPS) is 9.77. The van der Waals surface area contributed by atoms with E-state index in [-0.39, 0.29) is 0 Å². The van der Waals surface area contributed by atoms with E-state index in [2.05, 4.69) is 15.3 Å². The van der Waals surface area contributed by atoms with Crippen molar-refractivity contribution in [1.82, 2.24) is 9.97 Å². The number of nitrogens with one attached hydrogen (secondary N) is 1. The largest absolute Gasteiger partial charge is 0.490 e. The van der Waals surface area contributed by atoms with Crippen LogP contribution in [0.25, 0.3) is 0 Å². The first-order chi connectivity index (χ1) is 6.33. The Morgan fingerprint density at radius 3 is 2.85 bits per heavy atom. The van der Waals surface area contributed by atoms with Gasteiger partial charge >= 0.3 is 0 Å². The van der Waals surface area contributed by atoms with Crippen LogP contribution in [0, 0.1) is 0 Å². The van der Waals surface area contributed by atoms with Crippen molar-refractivity contribution in [2.75, 3.05) is 25.2 Å². The van der Waals surface area contributed by atoms with E-state index in [1.807, 2.05) is 13.2 Å². The second-order valence-corrected chi connectivity index (χ2v) is 3.09. The van der Waals surface area contributed by atoms with Crippen LogP contribution < -0.4 is 10.1 Å². The second-order valence-electron chi connectivity index (χ2n) is 2.30. The fourth-order valence-electron chi connectivity index (χ4n) is 0.980. The lowest BCUT2D eigenvalue weighted by Gasteiger charge is -2.10. The molecule has 1 aromatic rings. The molecule has 0 aliphatic heterocycles. The molecular formula is C8H13N3OS. The van der Waals surface area contributed by atoms with E-state index in [0.29, 0.717) is 0 Å². The van der Waals surface area contributed by atoms with E-state index >= 15 is 0 Å². The number of methoxy groups -OCH3 is 1. The van der Waals surface area contributed by atoms with Crippen LogP contribution in [0.3, 0.4) is 0 Å². The smallest absolute Gasteiger partial charge is 0.193 e. The molecule has 5 heteroatoms. The van der Waals surface area contributed by atoms with E-state index in [1.54, 1.807) is 18.9 Å². The maximum atomic E-state index is 5.21. The number of rotatable bonds is 4. The van der Waals surface area contributed by atoms with Crippen molar-refractivity contribution in [3.8, 4) is 5.75 Å². The quantitative estimate of drug-likeness (QED) is 0.590. The molecule has 13 heavy (non-hydrogen) atoms. The Balaban J connectivity index is 3.03. The summed E-state index contributed by atoms with van der Waals surface area (Å²) in [5.74, 6) is 1.47. The summed E-state index contributed by atoms with van der Waals surface area (Å²) in [6.07, 6.45) is 3.49. The van der Waals surface area contributed by atoms with Crippen LogP contribution in [0.15, 0.2) is 11.4 Å². The van der Waals surface area contributed by atoms with Gasteiger partial charge in [0.1, 0.15) is 11.4 Å². The predicted octanol–water partition coefficient (Wildman–Crippen LogP) is 1.64. The van der Waals surface area contributed by atoms with Gasteiger partial charge in [0.25, 0.3) is 0 Å². The highest BCUT2D eigenvalue weighted by atomic mass is 32.2. The van der Waals surface area contributed by atoms with Crippen molar-refractivity contribution in [3.05, 3.63) is 6.33 Å². The highest BCUT2D eigenvalue weighted by Crippen LogP contribution is 2.30. The SMILES string of the molecule is CCNc1ncnc(SC)c1OC. The van der Waals surface area contributed by atoms with E-state index in [0.717, 1.165) is 23.1 Å². The van der Waals surface area contributed by atoms with Crippen LogP contribution in [0.4, 0.5) is 5.82 Å². The molecule has 0 unspecified atom stereocenters. The molecule has 72 valence electrons. The van der Waals surface area contributed by atoms with Crippen LogP contribution in [0.2, 0.25) is 0 Å². The molecule has 0 amide bonds. The van der Waals surface area contributed by atoms with Gasteiger partial charge in [-0.1, -0.05) is 0 Å². The minimum Gasteiger partial charge on any atom is -0.490 e. The summed E-state index contributed by atoms with van der Waals surface area (Å²) < 4.78 is 5.21. The van der Waals surface area contributed by atoms with Gasteiger partial charge in [0.2, 0.25) is 0 Å². The number of hydrogen-bond acceptors (Lipinski definition) is 5. The predicted molar refractivity (Wildman–Crippen MR) is 54.5 cm³/mol. The molecule has 0 aliphatic carbocycles. The van der Waals surface area contributed by atoms with Gasteiger partial charge in [0.15, 0.2) is 11.6 Å².